The van der Waals surface area contributed by atoms with Crippen molar-refractivity contribution in [2.75, 3.05) is 24.7 Å². The van der Waals surface area contributed by atoms with Gasteiger partial charge in [-0.1, -0.05) is 68.8 Å². The number of hydrogen-bond acceptors (Lipinski definition) is 6. The minimum absolute atomic E-state index is 0.148. The molecule has 1 N–H and O–H groups in total. The normalized spacial score (nSPS) is 32.9. The third-order valence-electron chi connectivity index (χ3n) is 8.65. The molecule has 5 rings (SSSR count). The molecular weight excluding hydrogens is 520 g/mol. The Hall–Kier alpha value is -2.68. The zero-order valence-electron chi connectivity index (χ0n) is 22.9. The number of fused-ring (bicyclic) bond motifs is 2. The number of likely N-dealkylation sites (tertiary alicyclic amines) is 1. The summed E-state index contributed by atoms with van der Waals surface area (Å²) in [5.41, 5.74) is -1.13. The van der Waals surface area contributed by atoms with E-state index >= 15 is 0 Å². The Morgan fingerprint density at radius 3 is 2.56 bits per heavy atom. The average molecular weight is 557 g/mol. The molecule has 2 fully saturated rings. The second-order valence-corrected chi connectivity index (χ2v) is 11.9. The molecule has 0 aromatic heterocycles. The fraction of sp³-hybridized carbons (Fsp3) is 0.567. The lowest BCUT2D eigenvalue weighted by Gasteiger charge is -2.41. The van der Waals surface area contributed by atoms with Gasteiger partial charge in [-0.15, -0.1) is 0 Å². The van der Waals surface area contributed by atoms with Crippen LogP contribution < -0.4 is 4.90 Å². The lowest BCUT2D eigenvalue weighted by molar-refractivity contribution is -0.162. The van der Waals surface area contributed by atoms with Crippen molar-refractivity contribution in [1.82, 2.24) is 4.90 Å². The molecule has 0 aliphatic carbocycles. The Bertz CT molecular complexity index is 1210. The van der Waals surface area contributed by atoms with E-state index in [1.807, 2.05) is 58.1 Å². The first-order chi connectivity index (χ1) is 18.6. The molecule has 0 bridgehead atoms. The van der Waals surface area contributed by atoms with E-state index < -0.39 is 41.1 Å². The number of aliphatic hydroxyl groups is 1. The van der Waals surface area contributed by atoms with E-state index in [9.17, 15) is 19.5 Å². The first kappa shape index (κ1) is 27.9. The van der Waals surface area contributed by atoms with Gasteiger partial charge in [0.05, 0.1) is 35.9 Å². The standard InChI is InChI=1S/C30H37ClN2O6/c1-5-29-12-6-7-15-38-28(37)23(29)22-26(35)33(20(17-34)16-18(2)3)25-27(36)32(14-9-13-30(22,25)39-29)24-19(4)10-8-11-21(24)31/h6,8-13,18,20,22-23,25,34H,5,7,14-17H2,1-4H3/t20-,22+,23+,25?,29-,30+/m1/s1. The Balaban J connectivity index is 1.72. The maximum Gasteiger partial charge on any atom is 0.313 e. The summed E-state index contributed by atoms with van der Waals surface area (Å²) in [5, 5.41) is 10.9. The molecule has 0 saturated carbocycles. The predicted molar refractivity (Wildman–Crippen MR) is 147 cm³/mol. The second-order valence-electron chi connectivity index (χ2n) is 11.4. The van der Waals surface area contributed by atoms with Gasteiger partial charge in [0.1, 0.15) is 23.2 Å². The van der Waals surface area contributed by atoms with Crippen LogP contribution in [0.25, 0.3) is 0 Å². The lowest BCUT2D eigenvalue weighted by Crippen LogP contribution is -2.59. The highest BCUT2D eigenvalue weighted by Crippen LogP contribution is 2.59. The zero-order valence-corrected chi connectivity index (χ0v) is 23.7. The van der Waals surface area contributed by atoms with Crippen LogP contribution in [0, 0.1) is 24.7 Å². The van der Waals surface area contributed by atoms with E-state index in [-0.39, 0.29) is 37.5 Å². The Morgan fingerprint density at radius 2 is 1.90 bits per heavy atom. The van der Waals surface area contributed by atoms with Crippen molar-refractivity contribution >= 4 is 35.1 Å². The van der Waals surface area contributed by atoms with Gasteiger partial charge in [-0.05, 0) is 43.7 Å². The van der Waals surface area contributed by atoms with Crippen LogP contribution in [0.5, 0.6) is 0 Å². The molecule has 4 aliphatic rings. The molecule has 9 heteroatoms. The molecule has 1 aromatic rings. The van der Waals surface area contributed by atoms with Gasteiger partial charge in [0.2, 0.25) is 5.91 Å². The molecule has 8 nitrogen and oxygen atoms in total. The van der Waals surface area contributed by atoms with Gasteiger partial charge in [-0.2, -0.15) is 0 Å². The fourth-order valence-electron chi connectivity index (χ4n) is 7.05. The van der Waals surface area contributed by atoms with Gasteiger partial charge >= 0.3 is 5.97 Å². The van der Waals surface area contributed by atoms with Gasteiger partial charge < -0.3 is 24.4 Å². The highest BCUT2D eigenvalue weighted by Gasteiger charge is 2.76. The number of nitrogens with zero attached hydrogens (tertiary/aromatic N) is 2. The van der Waals surface area contributed by atoms with Crippen molar-refractivity contribution in [2.45, 2.75) is 70.2 Å². The molecule has 6 atom stereocenters. The van der Waals surface area contributed by atoms with Gasteiger partial charge in [-0.3, -0.25) is 14.4 Å². The van der Waals surface area contributed by atoms with E-state index in [1.54, 1.807) is 17.0 Å². The van der Waals surface area contributed by atoms with Crippen LogP contribution in [0.3, 0.4) is 0 Å². The van der Waals surface area contributed by atoms with Crippen LogP contribution in [0.4, 0.5) is 5.69 Å². The zero-order chi connectivity index (χ0) is 28.1. The molecule has 39 heavy (non-hydrogen) atoms. The number of para-hydroxylation sites is 1. The largest absolute Gasteiger partial charge is 0.465 e. The van der Waals surface area contributed by atoms with Gasteiger partial charge in [0, 0.05) is 6.54 Å². The van der Waals surface area contributed by atoms with Crippen molar-refractivity contribution in [3.8, 4) is 0 Å². The molecule has 1 aromatic carbocycles. The molecule has 1 unspecified atom stereocenters. The molecule has 2 saturated heterocycles. The highest BCUT2D eigenvalue weighted by atomic mass is 35.5. The quantitative estimate of drug-likeness (QED) is 0.423. The molecule has 1 spiro atoms. The van der Waals surface area contributed by atoms with Crippen molar-refractivity contribution in [3.05, 3.63) is 53.1 Å². The summed E-state index contributed by atoms with van der Waals surface area (Å²) in [4.78, 5) is 45.8. The third-order valence-corrected chi connectivity index (χ3v) is 8.95. The van der Waals surface area contributed by atoms with Gasteiger partial charge in [0.25, 0.3) is 5.91 Å². The monoisotopic (exact) mass is 556 g/mol. The fourth-order valence-corrected chi connectivity index (χ4v) is 7.37. The van der Waals surface area contributed by atoms with Crippen LogP contribution in [0.1, 0.15) is 45.6 Å². The summed E-state index contributed by atoms with van der Waals surface area (Å²) in [5.74, 6) is -2.98. The summed E-state index contributed by atoms with van der Waals surface area (Å²) in [6, 6.07) is 3.71. The van der Waals surface area contributed by atoms with Crippen molar-refractivity contribution in [2.24, 2.45) is 17.8 Å². The number of ether oxygens (including phenoxy) is 2. The summed E-state index contributed by atoms with van der Waals surface area (Å²) < 4.78 is 12.5. The first-order valence-corrected chi connectivity index (χ1v) is 14.2. The lowest BCUT2D eigenvalue weighted by atomic mass is 9.73. The van der Waals surface area contributed by atoms with Gasteiger partial charge in [0.15, 0.2) is 0 Å². The number of aryl methyl sites for hydroxylation is 1. The molecule has 2 amide bonds. The predicted octanol–water partition coefficient (Wildman–Crippen LogP) is 3.82. The number of amides is 2. The number of carbonyl (C=O) groups excluding carboxylic acids is 3. The number of cyclic esters (lactones) is 1. The maximum absolute atomic E-state index is 14.7. The minimum atomic E-state index is -1.42. The van der Waals surface area contributed by atoms with Crippen molar-refractivity contribution in [1.29, 1.82) is 0 Å². The number of esters is 1. The molecule has 0 radical (unpaired) electrons. The number of halogens is 1. The van der Waals surface area contributed by atoms with Crippen LogP contribution in [-0.2, 0) is 23.9 Å². The van der Waals surface area contributed by atoms with Gasteiger partial charge in [-0.25, -0.2) is 0 Å². The molecular formula is C30H37ClN2O6. The van der Waals surface area contributed by atoms with E-state index in [4.69, 9.17) is 21.1 Å². The third kappa shape index (κ3) is 4.23. The first-order valence-electron chi connectivity index (χ1n) is 13.8. The topological polar surface area (TPSA) is 96.4 Å². The summed E-state index contributed by atoms with van der Waals surface area (Å²) in [7, 11) is 0. The number of carbonyl (C=O) groups is 3. The smallest absolute Gasteiger partial charge is 0.313 e. The van der Waals surface area contributed by atoms with Crippen molar-refractivity contribution < 1.29 is 29.0 Å². The molecule has 4 aliphatic heterocycles. The number of hydrogen-bond donors (Lipinski definition) is 1. The van der Waals surface area contributed by atoms with Crippen LogP contribution >= 0.6 is 11.6 Å². The number of benzene rings is 1. The van der Waals surface area contributed by atoms with Crippen LogP contribution in [0.15, 0.2) is 42.5 Å². The van der Waals surface area contributed by atoms with Crippen molar-refractivity contribution in [3.63, 3.8) is 0 Å². The molecule has 210 valence electrons. The van der Waals surface area contributed by atoms with E-state index in [0.29, 0.717) is 30.0 Å². The Morgan fingerprint density at radius 1 is 1.13 bits per heavy atom. The summed E-state index contributed by atoms with van der Waals surface area (Å²) in [6.07, 6.45) is 8.89. The van der Waals surface area contributed by atoms with Crippen LogP contribution in [0.2, 0.25) is 5.02 Å². The van der Waals surface area contributed by atoms with E-state index in [2.05, 4.69) is 0 Å². The number of aliphatic hydroxyl groups excluding tert-OH is 1. The minimum Gasteiger partial charge on any atom is -0.465 e. The number of anilines is 1. The summed E-state index contributed by atoms with van der Waals surface area (Å²) in [6.45, 7) is 7.92. The SMILES string of the molecule is CC[C@@]12C=CCCOC(=O)[C@@H]1[C@H]1C(=O)N([C@@H](CO)CC(C)C)C3C(=O)N(c4c(C)cccc4Cl)CC=C[C@@]31O2. The maximum atomic E-state index is 14.7. The summed E-state index contributed by atoms with van der Waals surface area (Å²) >= 11 is 6.62. The Kier molecular flexibility index (Phi) is 7.42. The Labute approximate surface area is 234 Å². The number of rotatable bonds is 6. The average Bonchev–Trinajstić information content (AvgIpc) is 3.24. The second kappa shape index (κ2) is 10.4. The molecule has 4 heterocycles. The van der Waals surface area contributed by atoms with Crippen LogP contribution in [-0.4, -0.2) is 70.8 Å². The van der Waals surface area contributed by atoms with E-state index in [0.717, 1.165) is 5.56 Å². The van der Waals surface area contributed by atoms with E-state index in [1.165, 1.54) is 4.90 Å². The highest BCUT2D eigenvalue weighted by molar-refractivity contribution is 6.34.